The summed E-state index contributed by atoms with van der Waals surface area (Å²) < 4.78 is 0. The Labute approximate surface area is 179 Å². The molecule has 0 aliphatic heterocycles. The zero-order chi connectivity index (χ0) is 21.0. The van der Waals surface area contributed by atoms with Gasteiger partial charge in [-0.3, -0.25) is 4.79 Å². The third-order valence-electron chi connectivity index (χ3n) is 4.41. The molecule has 0 amide bonds. The summed E-state index contributed by atoms with van der Waals surface area (Å²) in [4.78, 5) is 16.2. The first-order valence-electron chi connectivity index (χ1n) is 8.83. The van der Waals surface area contributed by atoms with Crippen LogP contribution in [0, 0.1) is 0 Å². The Morgan fingerprint density at radius 3 is 2.38 bits per heavy atom. The lowest BCUT2D eigenvalue weighted by Crippen LogP contribution is -2.14. The van der Waals surface area contributed by atoms with Crippen LogP contribution >= 0.6 is 23.2 Å². The van der Waals surface area contributed by atoms with E-state index in [1.54, 1.807) is 48.5 Å². The molecule has 3 rings (SSSR count). The Hall–Kier alpha value is -3.02. The van der Waals surface area contributed by atoms with Crippen LogP contribution in [0.4, 0.5) is 17.2 Å². The molecule has 5 nitrogen and oxygen atoms in total. The van der Waals surface area contributed by atoms with E-state index in [1.807, 2.05) is 12.1 Å². The zero-order valence-electron chi connectivity index (χ0n) is 15.5. The van der Waals surface area contributed by atoms with Crippen molar-refractivity contribution >= 4 is 46.2 Å². The predicted octanol–water partition coefficient (Wildman–Crippen LogP) is 5.33. The third kappa shape index (κ3) is 4.70. The highest BCUT2D eigenvalue weighted by Crippen LogP contribution is 2.35. The van der Waals surface area contributed by atoms with Crippen molar-refractivity contribution in [1.29, 1.82) is 0 Å². The molecule has 0 aliphatic carbocycles. The lowest BCUT2D eigenvalue weighted by molar-refractivity contribution is 0.102. The van der Waals surface area contributed by atoms with Gasteiger partial charge in [0.15, 0.2) is 5.78 Å². The molecule has 5 N–H and O–H groups in total. The molecule has 0 spiro atoms. The van der Waals surface area contributed by atoms with E-state index in [2.05, 4.69) is 16.9 Å². The van der Waals surface area contributed by atoms with Gasteiger partial charge in [0.25, 0.3) is 0 Å². The van der Waals surface area contributed by atoms with Crippen molar-refractivity contribution in [2.24, 2.45) is 0 Å². The van der Waals surface area contributed by atoms with Crippen LogP contribution in [-0.2, 0) is 0 Å². The zero-order valence-corrected chi connectivity index (χ0v) is 17.0. The molecule has 1 heterocycles. The molecular weight excluding hydrogens is 407 g/mol. The van der Waals surface area contributed by atoms with Gasteiger partial charge in [-0.1, -0.05) is 29.8 Å². The molecule has 1 unspecified atom stereocenters. The SMILES string of the molecule is C=CC(Nc1ccc(C(=O)CCl)cc1)c1nc(N)cc(N)c1-c1ccc(Cl)cc1. The summed E-state index contributed by atoms with van der Waals surface area (Å²) in [5.41, 5.74) is 16.3. The molecule has 148 valence electrons. The minimum Gasteiger partial charge on any atom is -0.398 e. The van der Waals surface area contributed by atoms with Gasteiger partial charge in [0.05, 0.1) is 17.6 Å². The first-order valence-corrected chi connectivity index (χ1v) is 9.74. The van der Waals surface area contributed by atoms with E-state index in [1.165, 1.54) is 0 Å². The number of Topliss-reactive ketones (excluding diaryl/α,β-unsaturated/α-hetero) is 1. The summed E-state index contributed by atoms with van der Waals surface area (Å²) in [6.07, 6.45) is 1.72. The van der Waals surface area contributed by atoms with Gasteiger partial charge in [0.2, 0.25) is 0 Å². The van der Waals surface area contributed by atoms with Crippen molar-refractivity contribution in [2.75, 3.05) is 22.7 Å². The number of nitrogens with zero attached hydrogens (tertiary/aromatic N) is 1. The number of nitrogens with two attached hydrogens (primary N) is 2. The molecule has 1 atom stereocenters. The maximum atomic E-state index is 11.7. The second kappa shape index (κ2) is 8.99. The van der Waals surface area contributed by atoms with Gasteiger partial charge in [0, 0.05) is 33.6 Å². The standard InChI is InChI=1S/C22H20Cl2N4O/c1-2-18(27-16-9-5-13(6-10-16)19(29)12-23)22-21(17(25)11-20(26)28-22)14-3-7-15(24)8-4-14/h2-11,18,27H,1,12H2,(H4,25,26,28). The van der Waals surface area contributed by atoms with E-state index < -0.39 is 0 Å². The molecule has 29 heavy (non-hydrogen) atoms. The van der Waals surface area contributed by atoms with Crippen LogP contribution in [0.5, 0.6) is 0 Å². The van der Waals surface area contributed by atoms with E-state index in [0.29, 0.717) is 27.8 Å². The molecular formula is C22H20Cl2N4O. The van der Waals surface area contributed by atoms with Crippen molar-refractivity contribution in [1.82, 2.24) is 4.98 Å². The summed E-state index contributed by atoms with van der Waals surface area (Å²) in [7, 11) is 0. The number of halogens is 2. The number of nitrogen functional groups attached to an aromatic ring is 2. The molecule has 0 bridgehead atoms. The Morgan fingerprint density at radius 1 is 1.14 bits per heavy atom. The first-order chi connectivity index (χ1) is 13.9. The summed E-state index contributed by atoms with van der Waals surface area (Å²) in [6, 6.07) is 15.6. The Bertz CT molecular complexity index is 1030. The largest absolute Gasteiger partial charge is 0.398 e. The van der Waals surface area contributed by atoms with Gasteiger partial charge < -0.3 is 16.8 Å². The lowest BCUT2D eigenvalue weighted by Gasteiger charge is -2.21. The van der Waals surface area contributed by atoms with Crippen LogP contribution in [0.25, 0.3) is 11.1 Å². The van der Waals surface area contributed by atoms with E-state index in [9.17, 15) is 4.79 Å². The van der Waals surface area contributed by atoms with Crippen LogP contribution in [-0.4, -0.2) is 16.6 Å². The van der Waals surface area contributed by atoms with Gasteiger partial charge in [-0.25, -0.2) is 4.98 Å². The topological polar surface area (TPSA) is 94.0 Å². The minimum absolute atomic E-state index is 0.0565. The van der Waals surface area contributed by atoms with E-state index in [4.69, 9.17) is 34.7 Å². The average molecular weight is 427 g/mol. The number of nitrogens with one attached hydrogen (secondary N) is 1. The number of anilines is 3. The average Bonchev–Trinajstić information content (AvgIpc) is 2.72. The maximum absolute atomic E-state index is 11.7. The van der Waals surface area contributed by atoms with Crippen LogP contribution in [0.3, 0.4) is 0 Å². The maximum Gasteiger partial charge on any atom is 0.177 e. The number of pyridine rings is 1. The molecule has 0 saturated carbocycles. The van der Waals surface area contributed by atoms with Crippen molar-refractivity contribution in [3.8, 4) is 11.1 Å². The number of rotatable bonds is 7. The van der Waals surface area contributed by atoms with Gasteiger partial charge in [-0.2, -0.15) is 0 Å². The summed E-state index contributed by atoms with van der Waals surface area (Å²) in [5.74, 6) is 0.125. The molecule has 0 radical (unpaired) electrons. The number of ketones is 1. The molecule has 0 fully saturated rings. The third-order valence-corrected chi connectivity index (χ3v) is 4.91. The van der Waals surface area contributed by atoms with Crippen LogP contribution in [0.15, 0.2) is 67.3 Å². The van der Waals surface area contributed by atoms with Gasteiger partial charge >= 0.3 is 0 Å². The summed E-state index contributed by atoms with van der Waals surface area (Å²) in [5, 5.41) is 3.97. The quantitative estimate of drug-likeness (QED) is 0.269. The second-order valence-electron chi connectivity index (χ2n) is 6.40. The number of carbonyl (C=O) groups excluding carboxylic acids is 1. The van der Waals surface area contributed by atoms with Gasteiger partial charge in [-0.15, -0.1) is 18.2 Å². The highest BCUT2D eigenvalue weighted by atomic mass is 35.5. The summed E-state index contributed by atoms with van der Waals surface area (Å²) in [6.45, 7) is 3.92. The van der Waals surface area contributed by atoms with E-state index in [-0.39, 0.29) is 17.7 Å². The summed E-state index contributed by atoms with van der Waals surface area (Å²) >= 11 is 11.6. The van der Waals surface area contributed by atoms with Crippen molar-refractivity contribution in [3.05, 3.63) is 83.5 Å². The molecule has 0 saturated heterocycles. The molecule has 2 aromatic carbocycles. The number of aromatic nitrogens is 1. The van der Waals surface area contributed by atoms with Crippen molar-refractivity contribution < 1.29 is 4.79 Å². The molecule has 0 aliphatic rings. The molecule has 1 aromatic heterocycles. The lowest BCUT2D eigenvalue weighted by atomic mass is 9.97. The first kappa shape index (κ1) is 20.7. The van der Waals surface area contributed by atoms with Crippen LogP contribution in [0.1, 0.15) is 22.1 Å². The smallest absolute Gasteiger partial charge is 0.177 e. The monoisotopic (exact) mass is 426 g/mol. The second-order valence-corrected chi connectivity index (χ2v) is 7.10. The number of carbonyl (C=O) groups is 1. The molecule has 3 aromatic rings. The van der Waals surface area contributed by atoms with Crippen molar-refractivity contribution in [2.45, 2.75) is 6.04 Å². The highest BCUT2D eigenvalue weighted by molar-refractivity contribution is 6.30. The number of hydrogen-bond donors (Lipinski definition) is 3. The van der Waals surface area contributed by atoms with E-state index >= 15 is 0 Å². The highest BCUT2D eigenvalue weighted by Gasteiger charge is 2.19. The predicted molar refractivity (Wildman–Crippen MR) is 122 cm³/mol. The Kier molecular flexibility index (Phi) is 6.42. The van der Waals surface area contributed by atoms with Gasteiger partial charge in [0.1, 0.15) is 5.82 Å². The van der Waals surface area contributed by atoms with E-state index in [0.717, 1.165) is 16.8 Å². The fourth-order valence-electron chi connectivity index (χ4n) is 3.01. The fraction of sp³-hybridized carbons (Fsp3) is 0.0909. The normalized spacial score (nSPS) is 11.7. The Morgan fingerprint density at radius 2 is 1.79 bits per heavy atom. The van der Waals surface area contributed by atoms with Crippen LogP contribution < -0.4 is 16.8 Å². The van der Waals surface area contributed by atoms with Crippen LogP contribution in [0.2, 0.25) is 5.02 Å². The number of benzene rings is 2. The Balaban J connectivity index is 2.00. The van der Waals surface area contributed by atoms with Crippen molar-refractivity contribution in [3.63, 3.8) is 0 Å². The number of hydrogen-bond acceptors (Lipinski definition) is 5. The minimum atomic E-state index is -0.374. The fourth-order valence-corrected chi connectivity index (χ4v) is 3.29. The number of alkyl halides is 1. The molecule has 7 heteroatoms. The van der Waals surface area contributed by atoms with Gasteiger partial charge in [-0.05, 0) is 42.0 Å².